The summed E-state index contributed by atoms with van der Waals surface area (Å²) in [5.41, 5.74) is 1.37. The van der Waals surface area contributed by atoms with Crippen LogP contribution in [0.3, 0.4) is 0 Å². The molecule has 4 heteroatoms. The van der Waals surface area contributed by atoms with Crippen molar-refractivity contribution in [2.45, 2.75) is 13.5 Å². The molecule has 0 N–H and O–H groups in total. The molecular weight excluding hydrogens is 252 g/mol. The first-order valence-electron chi connectivity index (χ1n) is 7.44. The van der Waals surface area contributed by atoms with Gasteiger partial charge in [-0.2, -0.15) is 0 Å². The van der Waals surface area contributed by atoms with Crippen LogP contribution >= 0.6 is 0 Å². The number of quaternary nitrogens is 1. The Balaban J connectivity index is 1.61. The van der Waals surface area contributed by atoms with Crippen molar-refractivity contribution in [3.05, 3.63) is 29.8 Å². The number of carbonyl (C=O) groups is 1. The summed E-state index contributed by atoms with van der Waals surface area (Å²) >= 11 is 0. The summed E-state index contributed by atoms with van der Waals surface area (Å²) in [6.07, 6.45) is 0. The highest BCUT2D eigenvalue weighted by Crippen LogP contribution is 2.24. The van der Waals surface area contributed by atoms with Gasteiger partial charge in [-0.3, -0.25) is 9.69 Å². The first kappa shape index (κ1) is 13.6. The highest BCUT2D eigenvalue weighted by atomic mass is 16.5. The minimum atomic E-state index is 0.0543. The zero-order valence-corrected chi connectivity index (χ0v) is 12.2. The van der Waals surface area contributed by atoms with Crippen LogP contribution in [0, 0.1) is 0 Å². The third kappa shape index (κ3) is 3.02. The molecule has 0 radical (unpaired) electrons. The first-order valence-corrected chi connectivity index (χ1v) is 7.44. The van der Waals surface area contributed by atoms with Crippen LogP contribution in [0.2, 0.25) is 0 Å². The average Bonchev–Trinajstić information content (AvgIpc) is 2.48. The molecule has 3 saturated heterocycles. The Morgan fingerprint density at radius 3 is 2.30 bits per heavy atom. The second kappa shape index (κ2) is 5.54. The quantitative estimate of drug-likeness (QED) is 0.759. The Bertz CT molecular complexity index is 462. The van der Waals surface area contributed by atoms with Crippen molar-refractivity contribution >= 4 is 5.78 Å². The second-order valence-corrected chi connectivity index (χ2v) is 6.15. The van der Waals surface area contributed by atoms with E-state index in [0.29, 0.717) is 0 Å². The number of nitrogens with zero attached hydrogens (tertiary/aromatic N) is 2. The van der Waals surface area contributed by atoms with E-state index in [1.165, 1.54) is 49.3 Å². The predicted octanol–water partition coefficient (Wildman–Crippen LogP) is 1.30. The number of fused-ring (bicyclic) bond motifs is 3. The smallest absolute Gasteiger partial charge is 0.167 e. The number of ether oxygens (including phenoxy) is 1. The maximum Gasteiger partial charge on any atom is 0.167 e. The molecule has 4 nitrogen and oxygen atoms in total. The highest BCUT2D eigenvalue weighted by molar-refractivity contribution is 5.77. The summed E-state index contributed by atoms with van der Waals surface area (Å²) < 4.78 is 6.65. The van der Waals surface area contributed by atoms with Crippen molar-refractivity contribution in [2.24, 2.45) is 0 Å². The highest BCUT2D eigenvalue weighted by Gasteiger charge is 2.38. The van der Waals surface area contributed by atoms with Crippen molar-refractivity contribution in [3.63, 3.8) is 0 Å². The molecule has 3 heterocycles. The molecule has 0 spiro atoms. The van der Waals surface area contributed by atoms with Gasteiger partial charge >= 0.3 is 0 Å². The standard InChI is InChI=1S/C16H23N2O2/c1-14(19)13-20-16-4-2-15(3-5-16)12-18-9-6-17(7-10-18)8-11-18/h2-5H,6-13H2,1H3/q+1. The van der Waals surface area contributed by atoms with Gasteiger partial charge in [0.2, 0.25) is 0 Å². The molecule has 108 valence electrons. The van der Waals surface area contributed by atoms with Gasteiger partial charge in [0.25, 0.3) is 0 Å². The molecule has 4 rings (SSSR count). The summed E-state index contributed by atoms with van der Waals surface area (Å²) in [6.45, 7) is 10.4. The minimum Gasteiger partial charge on any atom is -0.486 e. The van der Waals surface area contributed by atoms with E-state index in [1.54, 1.807) is 6.92 Å². The Morgan fingerprint density at radius 2 is 1.75 bits per heavy atom. The Kier molecular flexibility index (Phi) is 3.76. The summed E-state index contributed by atoms with van der Waals surface area (Å²) in [5.74, 6) is 0.839. The molecule has 3 fully saturated rings. The van der Waals surface area contributed by atoms with Crippen molar-refractivity contribution in [1.82, 2.24) is 4.90 Å². The van der Waals surface area contributed by atoms with Crippen LogP contribution in [0.4, 0.5) is 0 Å². The molecule has 1 aromatic rings. The van der Waals surface area contributed by atoms with Crippen LogP contribution in [0.15, 0.2) is 24.3 Å². The fourth-order valence-electron chi connectivity index (χ4n) is 3.23. The fourth-order valence-corrected chi connectivity index (χ4v) is 3.23. The van der Waals surface area contributed by atoms with Gasteiger partial charge in [0.05, 0.1) is 19.6 Å². The molecule has 3 aliphatic heterocycles. The molecular formula is C16H23N2O2+. The number of rotatable bonds is 5. The fraction of sp³-hybridized carbons (Fsp3) is 0.562. The summed E-state index contributed by atoms with van der Waals surface area (Å²) in [7, 11) is 0. The largest absolute Gasteiger partial charge is 0.486 e. The number of Topliss-reactive ketones (excluding diaryl/α,β-unsaturated/α-hetero) is 1. The number of hydrogen-bond donors (Lipinski definition) is 0. The summed E-state index contributed by atoms with van der Waals surface area (Å²) in [4.78, 5) is 13.5. The van der Waals surface area contributed by atoms with Gasteiger partial charge in [0.1, 0.15) is 18.9 Å². The van der Waals surface area contributed by atoms with Crippen LogP contribution in [-0.4, -0.2) is 61.0 Å². The van der Waals surface area contributed by atoms with Gasteiger partial charge in [-0.25, -0.2) is 0 Å². The van der Waals surface area contributed by atoms with Gasteiger partial charge in [0.15, 0.2) is 5.78 Å². The van der Waals surface area contributed by atoms with Crippen molar-refractivity contribution in [1.29, 1.82) is 0 Å². The van der Waals surface area contributed by atoms with Crippen LogP contribution in [0.1, 0.15) is 12.5 Å². The van der Waals surface area contributed by atoms with E-state index in [9.17, 15) is 4.79 Å². The van der Waals surface area contributed by atoms with Crippen molar-refractivity contribution in [3.8, 4) is 5.75 Å². The number of piperazine rings is 3. The molecule has 0 aliphatic carbocycles. The van der Waals surface area contributed by atoms with Crippen LogP contribution in [-0.2, 0) is 11.3 Å². The van der Waals surface area contributed by atoms with Crippen LogP contribution in [0.25, 0.3) is 0 Å². The van der Waals surface area contributed by atoms with E-state index in [0.717, 1.165) is 12.3 Å². The minimum absolute atomic E-state index is 0.0543. The molecule has 2 bridgehead atoms. The molecule has 1 aromatic carbocycles. The Labute approximate surface area is 120 Å². The molecule has 0 amide bonds. The number of hydrogen-bond acceptors (Lipinski definition) is 3. The summed E-state index contributed by atoms with van der Waals surface area (Å²) in [6, 6.07) is 8.25. The molecule has 0 aromatic heterocycles. The maximum atomic E-state index is 10.9. The second-order valence-electron chi connectivity index (χ2n) is 6.15. The van der Waals surface area contributed by atoms with E-state index in [4.69, 9.17) is 4.74 Å². The predicted molar refractivity (Wildman–Crippen MR) is 77.6 cm³/mol. The zero-order chi connectivity index (χ0) is 14.0. The zero-order valence-electron chi connectivity index (χ0n) is 12.2. The van der Waals surface area contributed by atoms with Crippen LogP contribution in [0.5, 0.6) is 5.75 Å². The monoisotopic (exact) mass is 275 g/mol. The molecule has 20 heavy (non-hydrogen) atoms. The topological polar surface area (TPSA) is 29.5 Å². The normalized spacial score (nSPS) is 28.4. The number of ketones is 1. The van der Waals surface area contributed by atoms with Gasteiger partial charge in [-0.05, 0) is 31.2 Å². The van der Waals surface area contributed by atoms with E-state index in [2.05, 4.69) is 17.0 Å². The molecule has 0 atom stereocenters. The molecule has 3 aliphatic rings. The van der Waals surface area contributed by atoms with E-state index >= 15 is 0 Å². The van der Waals surface area contributed by atoms with Crippen molar-refractivity contribution < 1.29 is 14.0 Å². The van der Waals surface area contributed by atoms with Gasteiger partial charge < -0.3 is 9.22 Å². The van der Waals surface area contributed by atoms with Gasteiger partial charge in [-0.1, -0.05) is 0 Å². The lowest BCUT2D eigenvalue weighted by Gasteiger charge is -2.50. The van der Waals surface area contributed by atoms with Crippen molar-refractivity contribution in [2.75, 3.05) is 45.9 Å². The van der Waals surface area contributed by atoms with Gasteiger partial charge in [-0.15, -0.1) is 0 Å². The Morgan fingerprint density at radius 1 is 1.15 bits per heavy atom. The lowest BCUT2D eigenvalue weighted by Crippen LogP contribution is -2.66. The number of benzene rings is 1. The van der Waals surface area contributed by atoms with E-state index < -0.39 is 0 Å². The maximum absolute atomic E-state index is 10.9. The lowest BCUT2D eigenvalue weighted by molar-refractivity contribution is -0.953. The first-order chi connectivity index (χ1) is 9.65. The number of carbonyl (C=O) groups excluding carboxylic acids is 1. The third-order valence-corrected chi connectivity index (χ3v) is 4.56. The van der Waals surface area contributed by atoms with Gasteiger partial charge in [0, 0.05) is 25.2 Å². The van der Waals surface area contributed by atoms with Crippen LogP contribution < -0.4 is 4.74 Å². The lowest BCUT2D eigenvalue weighted by atomic mass is 10.1. The SMILES string of the molecule is CC(=O)COc1ccc(C[N+]23CCN(CC2)CC3)cc1. The molecule has 0 unspecified atom stereocenters. The average molecular weight is 275 g/mol. The van der Waals surface area contributed by atoms with E-state index in [1.807, 2.05) is 12.1 Å². The Hall–Kier alpha value is -1.39. The molecule has 0 saturated carbocycles. The summed E-state index contributed by atoms with van der Waals surface area (Å²) in [5, 5.41) is 0. The third-order valence-electron chi connectivity index (χ3n) is 4.56. The van der Waals surface area contributed by atoms with E-state index in [-0.39, 0.29) is 12.4 Å².